The van der Waals surface area contributed by atoms with E-state index in [1.54, 1.807) is 11.0 Å². The molecule has 0 radical (unpaired) electrons. The lowest BCUT2D eigenvalue weighted by atomic mass is 10.0. The van der Waals surface area contributed by atoms with Gasteiger partial charge in [0.15, 0.2) is 0 Å². The van der Waals surface area contributed by atoms with Crippen molar-refractivity contribution in [3.05, 3.63) is 75.8 Å². The topological polar surface area (TPSA) is 80.6 Å². The Hall–Kier alpha value is -3.04. The van der Waals surface area contributed by atoms with Crippen LogP contribution in [0.25, 0.3) is 5.69 Å². The predicted molar refractivity (Wildman–Crippen MR) is 125 cm³/mol. The van der Waals surface area contributed by atoms with Gasteiger partial charge in [-0.3, -0.25) is 9.69 Å². The summed E-state index contributed by atoms with van der Waals surface area (Å²) in [5, 5.41) is 4.12. The van der Waals surface area contributed by atoms with E-state index in [1.165, 1.54) is 11.9 Å². The number of rotatable bonds is 6. The third-order valence-corrected chi connectivity index (χ3v) is 7.28. The summed E-state index contributed by atoms with van der Waals surface area (Å²) in [5.41, 5.74) is 4.70. The van der Waals surface area contributed by atoms with Crippen molar-refractivity contribution >= 4 is 27.8 Å². The molecule has 0 spiro atoms. The second-order valence-corrected chi connectivity index (χ2v) is 9.09. The minimum absolute atomic E-state index is 0.161. The first-order valence-electron chi connectivity index (χ1n) is 11.0. The highest BCUT2D eigenvalue weighted by atomic mass is 79.9. The molecule has 0 unspecified atom stereocenters. The molecule has 0 bridgehead atoms. The number of esters is 1. The number of carbonyl (C=O) groups is 2. The molecule has 0 aliphatic carbocycles. The van der Waals surface area contributed by atoms with Crippen molar-refractivity contribution in [3.63, 3.8) is 0 Å². The number of ether oxygens (including phenoxy) is 1. The Bertz CT molecular complexity index is 1160. The van der Waals surface area contributed by atoms with Gasteiger partial charge in [-0.25, -0.2) is 14.5 Å². The van der Waals surface area contributed by atoms with Crippen LogP contribution in [0.2, 0.25) is 0 Å². The van der Waals surface area contributed by atoms with Crippen molar-refractivity contribution in [2.45, 2.75) is 19.4 Å². The standard InChI is InChI=1S/C24H24BrN5O3/c25-23-18(3-6-20-21(23)14-33-24(20)32)7-8-28-9-11-29(12-10-28)22(31)13-17-1-4-19(5-2-17)30-16-26-15-27-30/h1-6,15-16H,7-14H2. The zero-order valence-electron chi connectivity index (χ0n) is 18.1. The fourth-order valence-electron chi connectivity index (χ4n) is 4.30. The van der Waals surface area contributed by atoms with Gasteiger partial charge in [0.05, 0.1) is 17.7 Å². The maximum Gasteiger partial charge on any atom is 0.338 e. The number of hydrogen-bond acceptors (Lipinski definition) is 6. The lowest BCUT2D eigenvalue weighted by Gasteiger charge is -2.35. The minimum atomic E-state index is -0.246. The minimum Gasteiger partial charge on any atom is -0.457 e. The summed E-state index contributed by atoms with van der Waals surface area (Å²) in [7, 11) is 0. The van der Waals surface area contributed by atoms with Crippen molar-refractivity contribution in [1.29, 1.82) is 0 Å². The highest BCUT2D eigenvalue weighted by Crippen LogP contribution is 2.31. The highest BCUT2D eigenvalue weighted by Gasteiger charge is 2.25. The van der Waals surface area contributed by atoms with Crippen molar-refractivity contribution in [1.82, 2.24) is 24.6 Å². The summed E-state index contributed by atoms with van der Waals surface area (Å²) in [6.07, 6.45) is 4.44. The average molecular weight is 510 g/mol. The molecule has 0 atom stereocenters. The van der Waals surface area contributed by atoms with Gasteiger partial charge in [-0.1, -0.05) is 34.1 Å². The maximum absolute atomic E-state index is 12.8. The summed E-state index contributed by atoms with van der Waals surface area (Å²) in [5.74, 6) is -0.0848. The molecular weight excluding hydrogens is 486 g/mol. The van der Waals surface area contributed by atoms with Gasteiger partial charge in [-0.15, -0.1) is 0 Å². The molecule has 9 heteroatoms. The smallest absolute Gasteiger partial charge is 0.338 e. The Morgan fingerprint density at radius 3 is 2.58 bits per heavy atom. The number of fused-ring (bicyclic) bond motifs is 1. The van der Waals surface area contributed by atoms with E-state index in [1.807, 2.05) is 41.3 Å². The number of halogens is 1. The van der Waals surface area contributed by atoms with Crippen LogP contribution < -0.4 is 0 Å². The van der Waals surface area contributed by atoms with Gasteiger partial charge < -0.3 is 9.64 Å². The van der Waals surface area contributed by atoms with E-state index in [-0.39, 0.29) is 11.9 Å². The number of cyclic esters (lactones) is 1. The number of carbonyl (C=O) groups excluding carboxylic acids is 2. The van der Waals surface area contributed by atoms with E-state index in [0.29, 0.717) is 18.6 Å². The molecule has 0 N–H and O–H groups in total. The van der Waals surface area contributed by atoms with E-state index in [0.717, 1.165) is 60.4 Å². The van der Waals surface area contributed by atoms with Gasteiger partial charge in [0.2, 0.25) is 5.91 Å². The van der Waals surface area contributed by atoms with Gasteiger partial charge in [-0.05, 0) is 35.7 Å². The molecular formula is C24H24BrN5O3. The van der Waals surface area contributed by atoms with Crippen molar-refractivity contribution < 1.29 is 14.3 Å². The van der Waals surface area contributed by atoms with Gasteiger partial charge in [0, 0.05) is 42.8 Å². The summed E-state index contributed by atoms with van der Waals surface area (Å²) in [4.78, 5) is 32.8. The van der Waals surface area contributed by atoms with Crippen molar-refractivity contribution in [3.8, 4) is 5.69 Å². The molecule has 1 aromatic heterocycles. The normalized spacial score (nSPS) is 16.0. The van der Waals surface area contributed by atoms with E-state index in [4.69, 9.17) is 4.74 Å². The Labute approximate surface area is 200 Å². The first-order chi connectivity index (χ1) is 16.1. The van der Waals surface area contributed by atoms with Crippen LogP contribution in [-0.4, -0.2) is 69.2 Å². The van der Waals surface area contributed by atoms with E-state index >= 15 is 0 Å². The molecule has 1 saturated heterocycles. The monoisotopic (exact) mass is 509 g/mol. The van der Waals surface area contributed by atoms with Gasteiger partial charge in [0.25, 0.3) is 0 Å². The SMILES string of the molecule is O=C1OCc2c1ccc(CCN1CCN(C(=O)Cc3ccc(-n4cncn4)cc3)CC1)c2Br. The van der Waals surface area contributed by atoms with Crippen LogP contribution in [0.1, 0.15) is 27.0 Å². The maximum atomic E-state index is 12.8. The van der Waals surface area contributed by atoms with Crippen LogP contribution in [0.15, 0.2) is 53.5 Å². The van der Waals surface area contributed by atoms with Gasteiger partial charge in [0.1, 0.15) is 19.3 Å². The molecule has 1 amide bonds. The molecule has 170 valence electrons. The Morgan fingerprint density at radius 1 is 1.06 bits per heavy atom. The number of nitrogens with zero attached hydrogens (tertiary/aromatic N) is 5. The second-order valence-electron chi connectivity index (χ2n) is 8.30. The Balaban J connectivity index is 1.10. The van der Waals surface area contributed by atoms with Gasteiger partial charge in [-0.2, -0.15) is 5.10 Å². The number of amides is 1. The zero-order valence-corrected chi connectivity index (χ0v) is 19.7. The van der Waals surface area contributed by atoms with Crippen LogP contribution in [0.5, 0.6) is 0 Å². The largest absolute Gasteiger partial charge is 0.457 e. The lowest BCUT2D eigenvalue weighted by Crippen LogP contribution is -2.49. The Morgan fingerprint density at radius 2 is 1.85 bits per heavy atom. The summed E-state index contributed by atoms with van der Waals surface area (Å²) >= 11 is 3.65. The fourth-order valence-corrected chi connectivity index (χ4v) is 4.96. The third kappa shape index (κ3) is 4.69. The number of piperazine rings is 1. The van der Waals surface area contributed by atoms with Gasteiger partial charge >= 0.3 is 5.97 Å². The van der Waals surface area contributed by atoms with Crippen molar-refractivity contribution in [2.24, 2.45) is 0 Å². The Kier molecular flexibility index (Phi) is 6.24. The quantitative estimate of drug-likeness (QED) is 0.475. The molecule has 3 aromatic rings. The molecule has 5 rings (SSSR count). The third-order valence-electron chi connectivity index (χ3n) is 6.29. The number of hydrogen-bond donors (Lipinski definition) is 0. The van der Waals surface area contributed by atoms with Crippen molar-refractivity contribution in [2.75, 3.05) is 32.7 Å². The summed E-state index contributed by atoms with van der Waals surface area (Å²) < 4.78 is 7.80. The average Bonchev–Trinajstić information content (AvgIpc) is 3.50. The zero-order chi connectivity index (χ0) is 22.8. The molecule has 33 heavy (non-hydrogen) atoms. The van der Waals surface area contributed by atoms with Crippen LogP contribution in [-0.2, 0) is 29.0 Å². The molecule has 3 heterocycles. The highest BCUT2D eigenvalue weighted by molar-refractivity contribution is 9.10. The molecule has 2 aliphatic rings. The molecule has 2 aliphatic heterocycles. The summed E-state index contributed by atoms with van der Waals surface area (Å²) in [6.45, 7) is 4.46. The molecule has 2 aromatic carbocycles. The molecule has 1 fully saturated rings. The van der Waals surface area contributed by atoms with Crippen LogP contribution in [0, 0.1) is 0 Å². The van der Waals surface area contributed by atoms with E-state index in [9.17, 15) is 9.59 Å². The van der Waals surface area contributed by atoms with Crippen LogP contribution >= 0.6 is 15.9 Å². The van der Waals surface area contributed by atoms with Crippen LogP contribution in [0.4, 0.5) is 0 Å². The predicted octanol–water partition coefficient (Wildman–Crippen LogP) is 2.63. The number of aromatic nitrogens is 3. The van der Waals surface area contributed by atoms with E-state index in [2.05, 4.69) is 30.9 Å². The summed E-state index contributed by atoms with van der Waals surface area (Å²) in [6, 6.07) is 11.7. The van der Waals surface area contributed by atoms with E-state index < -0.39 is 0 Å². The first kappa shape index (κ1) is 21.8. The fraction of sp³-hybridized carbons (Fsp3) is 0.333. The lowest BCUT2D eigenvalue weighted by molar-refractivity contribution is -0.132. The second kappa shape index (κ2) is 9.44. The van der Waals surface area contributed by atoms with Crippen LogP contribution in [0.3, 0.4) is 0 Å². The first-order valence-corrected chi connectivity index (χ1v) is 11.8. The molecule has 0 saturated carbocycles. The molecule has 8 nitrogen and oxygen atoms in total. The number of benzene rings is 2.